The van der Waals surface area contributed by atoms with Crippen LogP contribution < -0.4 is 0 Å². The predicted octanol–water partition coefficient (Wildman–Crippen LogP) is 11.0. The minimum absolute atomic E-state index is 0.215. The van der Waals surface area contributed by atoms with Gasteiger partial charge in [0.2, 0.25) is 0 Å². The summed E-state index contributed by atoms with van der Waals surface area (Å²) >= 11 is 1.77. The van der Waals surface area contributed by atoms with Gasteiger partial charge in [-0.15, -0.1) is 0 Å². The molecule has 0 aliphatic carbocycles. The van der Waals surface area contributed by atoms with Gasteiger partial charge >= 0.3 is 0 Å². The molecule has 0 bridgehead atoms. The quantitative estimate of drug-likeness (QED) is 0.200. The van der Waals surface area contributed by atoms with E-state index in [1.165, 1.54) is 32.0 Å². The lowest BCUT2D eigenvalue weighted by Gasteiger charge is -2.35. The number of aromatic nitrogens is 2. The summed E-state index contributed by atoms with van der Waals surface area (Å²) < 4.78 is 0. The number of hydrogen-bond donors (Lipinski definition) is 0. The molecule has 46 heavy (non-hydrogen) atoms. The molecule has 0 atom stereocenters. The summed E-state index contributed by atoms with van der Waals surface area (Å²) in [6, 6.07) is 50.9. The Balaban J connectivity index is 1.23. The van der Waals surface area contributed by atoms with Gasteiger partial charge in [-0.25, -0.2) is 9.97 Å². The van der Waals surface area contributed by atoms with E-state index in [1.807, 2.05) is 30.3 Å². The van der Waals surface area contributed by atoms with E-state index >= 15 is 0 Å². The van der Waals surface area contributed by atoms with E-state index < -0.39 is 0 Å². The van der Waals surface area contributed by atoms with Crippen LogP contribution in [-0.2, 0) is 5.41 Å². The Labute approximate surface area is 273 Å². The van der Waals surface area contributed by atoms with Crippen LogP contribution in [0.3, 0.4) is 0 Å². The van der Waals surface area contributed by atoms with Gasteiger partial charge in [0.05, 0.1) is 22.8 Å². The number of rotatable bonds is 4. The number of nitrogens with zero attached hydrogens (tertiary/aromatic N) is 3. The van der Waals surface area contributed by atoms with Gasteiger partial charge < -0.3 is 0 Å². The van der Waals surface area contributed by atoms with Gasteiger partial charge in [-0.05, 0) is 63.7 Å². The van der Waals surface area contributed by atoms with Crippen LogP contribution >= 0.6 is 11.8 Å². The molecule has 0 saturated carbocycles. The van der Waals surface area contributed by atoms with Crippen molar-refractivity contribution in [2.45, 2.75) is 29.1 Å². The monoisotopic (exact) mass is 607 g/mol. The average molecular weight is 608 g/mol. The molecule has 7 aromatic rings. The number of benzene rings is 6. The molecule has 0 spiro atoms. The van der Waals surface area contributed by atoms with Gasteiger partial charge in [-0.2, -0.15) is 5.26 Å². The van der Waals surface area contributed by atoms with E-state index in [0.717, 1.165) is 38.9 Å². The lowest BCUT2D eigenvalue weighted by molar-refractivity contribution is 0.607. The van der Waals surface area contributed by atoms with Crippen LogP contribution in [-0.4, -0.2) is 9.97 Å². The second-order valence-corrected chi connectivity index (χ2v) is 13.2. The van der Waals surface area contributed by atoms with Crippen LogP contribution in [0.4, 0.5) is 0 Å². The highest BCUT2D eigenvalue weighted by molar-refractivity contribution is 7.99. The molecule has 8 rings (SSSR count). The standard InChI is InChI=1S/C42H29N3S/c1-42(2)35-22-21-31(25-39(35)46-38-23-16-27(26-43)24-36(38)42)32-12-6-7-13-33(32)41-44-37-15-9-8-14-34(37)40(45-41)30-19-17-29(18-20-30)28-10-4-3-5-11-28/h3-25H,1-2H3. The Morgan fingerprint density at radius 3 is 2.04 bits per heavy atom. The zero-order valence-corrected chi connectivity index (χ0v) is 26.3. The fraction of sp³-hybridized carbons (Fsp3) is 0.0714. The SMILES string of the molecule is CC1(C)c2ccc(-c3ccccc3-c3nc(-c4ccc(-c5ccccc5)cc4)c4ccccc4n3)cc2Sc2ccc(C#N)cc21. The lowest BCUT2D eigenvalue weighted by Crippen LogP contribution is -2.23. The summed E-state index contributed by atoms with van der Waals surface area (Å²) in [4.78, 5) is 12.8. The molecular formula is C42H29N3S. The van der Waals surface area contributed by atoms with Crippen molar-refractivity contribution in [3.8, 4) is 51.0 Å². The van der Waals surface area contributed by atoms with Crippen LogP contribution in [0.25, 0.3) is 55.8 Å². The molecule has 4 heteroatoms. The molecule has 1 aromatic heterocycles. The minimum Gasteiger partial charge on any atom is -0.228 e. The first-order valence-electron chi connectivity index (χ1n) is 15.4. The topological polar surface area (TPSA) is 49.6 Å². The summed E-state index contributed by atoms with van der Waals surface area (Å²) in [5, 5.41) is 10.5. The number of hydrogen-bond acceptors (Lipinski definition) is 4. The van der Waals surface area contributed by atoms with Crippen LogP contribution in [0.15, 0.2) is 149 Å². The van der Waals surface area contributed by atoms with Crippen molar-refractivity contribution < 1.29 is 0 Å². The maximum atomic E-state index is 9.51. The molecular weight excluding hydrogens is 579 g/mol. The highest BCUT2D eigenvalue weighted by Gasteiger charge is 2.33. The van der Waals surface area contributed by atoms with Crippen LogP contribution in [0, 0.1) is 11.3 Å². The lowest BCUT2D eigenvalue weighted by atomic mass is 9.76. The molecule has 0 amide bonds. The molecule has 0 N–H and O–H groups in total. The summed E-state index contributed by atoms with van der Waals surface area (Å²) in [6.45, 7) is 4.49. The Kier molecular flexibility index (Phi) is 6.78. The molecule has 0 saturated heterocycles. The van der Waals surface area contributed by atoms with E-state index in [9.17, 15) is 5.26 Å². The normalized spacial score (nSPS) is 13.1. The molecule has 218 valence electrons. The first kappa shape index (κ1) is 28.0. The molecule has 6 aromatic carbocycles. The fourth-order valence-electron chi connectivity index (χ4n) is 6.53. The van der Waals surface area contributed by atoms with E-state index in [0.29, 0.717) is 11.4 Å². The molecule has 1 aliphatic rings. The van der Waals surface area contributed by atoms with E-state index in [4.69, 9.17) is 9.97 Å². The molecule has 0 radical (unpaired) electrons. The zero-order valence-electron chi connectivity index (χ0n) is 25.5. The van der Waals surface area contributed by atoms with Crippen molar-refractivity contribution in [2.75, 3.05) is 0 Å². The average Bonchev–Trinajstić information content (AvgIpc) is 3.11. The number of para-hydroxylation sites is 1. The Morgan fingerprint density at radius 1 is 0.565 bits per heavy atom. The Bertz CT molecular complexity index is 2320. The molecule has 3 nitrogen and oxygen atoms in total. The van der Waals surface area contributed by atoms with Gasteiger partial charge in [-0.1, -0.05) is 135 Å². The second-order valence-electron chi connectivity index (χ2n) is 12.2. The predicted molar refractivity (Wildman–Crippen MR) is 189 cm³/mol. The largest absolute Gasteiger partial charge is 0.228 e. The molecule has 0 fully saturated rings. The summed E-state index contributed by atoms with van der Waals surface area (Å²) in [5.41, 5.74) is 11.4. The number of fused-ring (bicyclic) bond motifs is 3. The maximum absolute atomic E-state index is 9.51. The van der Waals surface area contributed by atoms with E-state index in [1.54, 1.807) is 11.8 Å². The van der Waals surface area contributed by atoms with Crippen LogP contribution in [0.5, 0.6) is 0 Å². The van der Waals surface area contributed by atoms with Gasteiger partial charge in [0.1, 0.15) is 0 Å². The third kappa shape index (κ3) is 4.77. The molecule has 2 heterocycles. The van der Waals surface area contributed by atoms with Crippen molar-refractivity contribution in [3.05, 3.63) is 156 Å². The number of nitriles is 1. The van der Waals surface area contributed by atoms with Crippen molar-refractivity contribution in [2.24, 2.45) is 0 Å². The Morgan fingerprint density at radius 2 is 1.24 bits per heavy atom. The van der Waals surface area contributed by atoms with Gasteiger partial charge in [0, 0.05) is 31.7 Å². The van der Waals surface area contributed by atoms with Crippen molar-refractivity contribution in [1.29, 1.82) is 5.26 Å². The van der Waals surface area contributed by atoms with Crippen LogP contribution in [0.2, 0.25) is 0 Å². The van der Waals surface area contributed by atoms with Crippen molar-refractivity contribution in [1.82, 2.24) is 9.97 Å². The molecule has 0 unspecified atom stereocenters. The smallest absolute Gasteiger partial charge is 0.161 e. The van der Waals surface area contributed by atoms with E-state index in [-0.39, 0.29) is 5.41 Å². The van der Waals surface area contributed by atoms with Gasteiger partial charge in [-0.3, -0.25) is 0 Å². The van der Waals surface area contributed by atoms with Crippen molar-refractivity contribution in [3.63, 3.8) is 0 Å². The first-order valence-corrected chi connectivity index (χ1v) is 16.2. The second kappa shape index (κ2) is 11.1. The minimum atomic E-state index is -0.215. The molecule has 1 aliphatic heterocycles. The van der Waals surface area contributed by atoms with Crippen LogP contribution in [0.1, 0.15) is 30.5 Å². The van der Waals surface area contributed by atoms with E-state index in [2.05, 4.69) is 129 Å². The third-order valence-electron chi connectivity index (χ3n) is 9.00. The summed E-state index contributed by atoms with van der Waals surface area (Å²) in [5.74, 6) is 0.705. The van der Waals surface area contributed by atoms with Gasteiger partial charge in [0.25, 0.3) is 0 Å². The maximum Gasteiger partial charge on any atom is 0.161 e. The third-order valence-corrected chi connectivity index (χ3v) is 10.1. The summed E-state index contributed by atoms with van der Waals surface area (Å²) in [7, 11) is 0. The fourth-order valence-corrected chi connectivity index (χ4v) is 7.95. The van der Waals surface area contributed by atoms with Gasteiger partial charge in [0.15, 0.2) is 5.82 Å². The highest BCUT2D eigenvalue weighted by atomic mass is 32.2. The first-order chi connectivity index (χ1) is 22.5. The van der Waals surface area contributed by atoms with Crippen molar-refractivity contribution >= 4 is 22.7 Å². The highest BCUT2D eigenvalue weighted by Crippen LogP contribution is 2.50. The zero-order chi connectivity index (χ0) is 31.3. The Hall–Kier alpha value is -5.50. The summed E-state index contributed by atoms with van der Waals surface area (Å²) in [6.07, 6.45) is 0.